The average Bonchev–Trinajstić information content (AvgIpc) is 3.08. The van der Waals surface area contributed by atoms with Gasteiger partial charge in [0, 0.05) is 28.8 Å². The second kappa shape index (κ2) is 8.50. The van der Waals surface area contributed by atoms with Crippen molar-refractivity contribution in [2.45, 2.75) is 45.0 Å². The quantitative estimate of drug-likeness (QED) is 0.440. The summed E-state index contributed by atoms with van der Waals surface area (Å²) >= 11 is 0. The van der Waals surface area contributed by atoms with Crippen molar-refractivity contribution in [3.63, 3.8) is 0 Å². The van der Waals surface area contributed by atoms with Crippen LogP contribution >= 0.6 is 0 Å². The molecule has 32 heavy (non-hydrogen) atoms. The molecular formula is C24H26F3N3O2. The zero-order valence-corrected chi connectivity index (χ0v) is 18.0. The lowest BCUT2D eigenvalue weighted by molar-refractivity contribution is -0.274. The van der Waals surface area contributed by atoms with Crippen LogP contribution in [0.2, 0.25) is 0 Å². The number of nitrogen functional groups attached to an aromatic ring is 1. The molecule has 0 unspecified atom stereocenters. The highest BCUT2D eigenvalue weighted by Crippen LogP contribution is 2.35. The van der Waals surface area contributed by atoms with Gasteiger partial charge in [-0.3, -0.25) is 9.47 Å². The lowest BCUT2D eigenvalue weighted by atomic mass is 9.88. The van der Waals surface area contributed by atoms with E-state index in [2.05, 4.69) is 23.5 Å². The molecule has 5 nitrogen and oxygen atoms in total. The number of benzene rings is 2. The van der Waals surface area contributed by atoms with Crippen LogP contribution in [0.5, 0.6) is 5.75 Å². The highest BCUT2D eigenvalue weighted by Gasteiger charge is 2.31. The van der Waals surface area contributed by atoms with Crippen LogP contribution < -0.4 is 10.6 Å². The maximum atomic E-state index is 13.0. The maximum absolute atomic E-state index is 13.0. The van der Waals surface area contributed by atoms with E-state index in [1.54, 1.807) is 10.7 Å². The van der Waals surface area contributed by atoms with Gasteiger partial charge in [-0.15, -0.1) is 13.2 Å². The van der Waals surface area contributed by atoms with Gasteiger partial charge in [0.05, 0.1) is 5.52 Å². The molecule has 2 N–H and O–H groups in total. The molecule has 2 heterocycles. The standard InChI is InChI=1S/C24H26F3N3O2/c1-15(2)29-11-9-16(10-12-29)21-14-30(28)22-8-5-18(13-20(21)22)23(31)17-3-6-19(7-4-17)32-24(25,26)27/h3-8,13-16H,9-12,28H2,1-2H3. The summed E-state index contributed by atoms with van der Waals surface area (Å²) in [6.45, 7) is 6.44. The molecule has 0 radical (unpaired) electrons. The molecule has 0 bridgehead atoms. The summed E-state index contributed by atoms with van der Waals surface area (Å²) in [4.78, 5) is 15.4. The zero-order valence-electron chi connectivity index (χ0n) is 18.0. The van der Waals surface area contributed by atoms with Crippen molar-refractivity contribution in [2.24, 2.45) is 0 Å². The Balaban J connectivity index is 1.59. The van der Waals surface area contributed by atoms with Crippen LogP contribution in [0.4, 0.5) is 13.2 Å². The number of ketones is 1. The van der Waals surface area contributed by atoms with Gasteiger partial charge in [-0.2, -0.15) is 0 Å². The SMILES string of the molecule is CC(C)N1CCC(c2cn(N)c3ccc(C(=O)c4ccc(OC(F)(F)F)cc4)cc23)CC1. The van der Waals surface area contributed by atoms with Crippen molar-refractivity contribution in [3.8, 4) is 5.75 Å². The largest absolute Gasteiger partial charge is 0.573 e. The smallest absolute Gasteiger partial charge is 0.406 e. The summed E-state index contributed by atoms with van der Waals surface area (Å²) < 4.78 is 42.6. The first-order chi connectivity index (χ1) is 15.1. The molecule has 8 heteroatoms. The van der Waals surface area contributed by atoms with E-state index in [1.807, 2.05) is 18.3 Å². The molecule has 0 amide bonds. The molecule has 0 aliphatic carbocycles. The highest BCUT2D eigenvalue weighted by atomic mass is 19.4. The Morgan fingerprint density at radius 1 is 1.06 bits per heavy atom. The van der Waals surface area contributed by atoms with E-state index < -0.39 is 6.36 Å². The number of piperidine rings is 1. The first kappa shape index (κ1) is 22.2. The van der Waals surface area contributed by atoms with E-state index in [0.717, 1.165) is 54.5 Å². The zero-order chi connectivity index (χ0) is 23.0. The number of aromatic nitrogens is 1. The minimum absolute atomic E-state index is 0.268. The van der Waals surface area contributed by atoms with Crippen LogP contribution in [0.25, 0.3) is 10.9 Å². The second-order valence-corrected chi connectivity index (χ2v) is 8.53. The van der Waals surface area contributed by atoms with Gasteiger partial charge in [0.2, 0.25) is 0 Å². The number of fused-ring (bicyclic) bond motifs is 1. The molecule has 4 rings (SSSR count). The molecule has 1 saturated heterocycles. The summed E-state index contributed by atoms with van der Waals surface area (Å²) in [5, 5.41) is 0.943. The number of hydrogen-bond donors (Lipinski definition) is 1. The van der Waals surface area contributed by atoms with Crippen LogP contribution in [0.3, 0.4) is 0 Å². The van der Waals surface area contributed by atoms with Crippen molar-refractivity contribution >= 4 is 16.7 Å². The summed E-state index contributed by atoms with van der Waals surface area (Å²) in [5.74, 6) is 5.91. The van der Waals surface area contributed by atoms with E-state index in [1.165, 1.54) is 12.1 Å². The Kier molecular flexibility index (Phi) is 5.90. The Morgan fingerprint density at radius 2 is 1.69 bits per heavy atom. The monoisotopic (exact) mass is 445 g/mol. The average molecular weight is 445 g/mol. The van der Waals surface area contributed by atoms with Gasteiger partial charge >= 0.3 is 6.36 Å². The molecule has 170 valence electrons. The number of alkyl halides is 3. The van der Waals surface area contributed by atoms with Gasteiger partial charge in [0.15, 0.2) is 5.78 Å². The molecule has 1 aromatic heterocycles. The van der Waals surface area contributed by atoms with E-state index in [-0.39, 0.29) is 17.1 Å². The third-order valence-corrected chi connectivity index (χ3v) is 6.18. The molecule has 2 aromatic carbocycles. The normalized spacial score (nSPS) is 16.1. The fraction of sp³-hybridized carbons (Fsp3) is 0.375. The number of nitrogens with two attached hydrogens (primary N) is 1. The van der Waals surface area contributed by atoms with Gasteiger partial charge in [-0.25, -0.2) is 0 Å². The maximum Gasteiger partial charge on any atom is 0.573 e. The summed E-state index contributed by atoms with van der Waals surface area (Å²) in [6, 6.07) is 10.8. The predicted octanol–water partition coefficient (Wildman–Crippen LogP) is 5.07. The number of hydrogen-bond acceptors (Lipinski definition) is 4. The first-order valence-corrected chi connectivity index (χ1v) is 10.7. The van der Waals surface area contributed by atoms with Crippen LogP contribution in [0.15, 0.2) is 48.7 Å². The predicted molar refractivity (Wildman–Crippen MR) is 117 cm³/mol. The van der Waals surface area contributed by atoms with E-state index in [0.29, 0.717) is 17.5 Å². The van der Waals surface area contributed by atoms with Crippen molar-refractivity contribution in [1.29, 1.82) is 0 Å². The van der Waals surface area contributed by atoms with Gasteiger partial charge in [-0.05, 0) is 93.7 Å². The second-order valence-electron chi connectivity index (χ2n) is 8.53. The molecule has 0 spiro atoms. The molecule has 0 saturated carbocycles. The third kappa shape index (κ3) is 4.60. The fourth-order valence-electron chi connectivity index (χ4n) is 4.45. The Morgan fingerprint density at radius 3 is 2.28 bits per heavy atom. The summed E-state index contributed by atoms with van der Waals surface area (Å²) in [6.07, 6.45) is -0.780. The topological polar surface area (TPSA) is 60.5 Å². The highest BCUT2D eigenvalue weighted by molar-refractivity contribution is 6.10. The minimum Gasteiger partial charge on any atom is -0.406 e. The summed E-state index contributed by atoms with van der Waals surface area (Å²) in [7, 11) is 0. The van der Waals surface area contributed by atoms with Gasteiger partial charge in [-0.1, -0.05) is 0 Å². The first-order valence-electron chi connectivity index (χ1n) is 10.7. The number of carbonyl (C=O) groups is 1. The number of carbonyl (C=O) groups excluding carboxylic acids is 1. The molecule has 3 aromatic rings. The van der Waals surface area contributed by atoms with E-state index >= 15 is 0 Å². The third-order valence-electron chi connectivity index (χ3n) is 6.18. The number of likely N-dealkylation sites (tertiary alicyclic amines) is 1. The number of halogens is 3. The van der Waals surface area contributed by atoms with Gasteiger partial charge in [0.1, 0.15) is 5.75 Å². The lowest BCUT2D eigenvalue weighted by Crippen LogP contribution is -2.37. The van der Waals surface area contributed by atoms with Crippen molar-refractivity contribution in [2.75, 3.05) is 18.9 Å². The van der Waals surface area contributed by atoms with Crippen molar-refractivity contribution in [3.05, 3.63) is 65.4 Å². The number of rotatable bonds is 5. The van der Waals surface area contributed by atoms with Gasteiger partial charge < -0.3 is 15.5 Å². The van der Waals surface area contributed by atoms with Crippen LogP contribution in [0.1, 0.15) is 54.1 Å². The Bertz CT molecular complexity index is 1110. The molecule has 0 atom stereocenters. The number of nitrogens with zero attached hydrogens (tertiary/aromatic N) is 2. The van der Waals surface area contributed by atoms with E-state index in [4.69, 9.17) is 5.84 Å². The molecule has 1 fully saturated rings. The summed E-state index contributed by atoms with van der Waals surface area (Å²) in [5.41, 5.74) is 2.73. The van der Waals surface area contributed by atoms with E-state index in [9.17, 15) is 18.0 Å². The van der Waals surface area contributed by atoms with Crippen LogP contribution in [-0.4, -0.2) is 40.9 Å². The minimum atomic E-state index is -4.77. The molecular weight excluding hydrogens is 419 g/mol. The molecule has 1 aliphatic heterocycles. The Hall–Kier alpha value is -3.00. The fourth-order valence-corrected chi connectivity index (χ4v) is 4.45. The number of ether oxygens (including phenoxy) is 1. The Labute approximate surface area is 184 Å². The lowest BCUT2D eigenvalue weighted by Gasteiger charge is -2.34. The molecule has 1 aliphatic rings. The van der Waals surface area contributed by atoms with Crippen molar-refractivity contribution in [1.82, 2.24) is 9.58 Å². The van der Waals surface area contributed by atoms with Crippen molar-refractivity contribution < 1.29 is 22.7 Å². The van der Waals surface area contributed by atoms with Gasteiger partial charge in [0.25, 0.3) is 0 Å². The van der Waals surface area contributed by atoms with Crippen LogP contribution in [-0.2, 0) is 0 Å². The van der Waals surface area contributed by atoms with Crippen LogP contribution in [0, 0.1) is 0 Å².